The van der Waals surface area contributed by atoms with E-state index in [0.717, 1.165) is 16.7 Å². The Kier molecular flexibility index (Phi) is 6.06. The molecule has 0 saturated heterocycles. The fraction of sp³-hybridized carbons (Fsp3) is 0.190. The Morgan fingerprint density at radius 1 is 1.07 bits per heavy atom. The van der Waals surface area contributed by atoms with Crippen LogP contribution >= 0.6 is 0 Å². The first-order valence-corrected chi connectivity index (χ1v) is 8.97. The van der Waals surface area contributed by atoms with Crippen molar-refractivity contribution >= 4 is 23.3 Å². The van der Waals surface area contributed by atoms with E-state index in [-0.39, 0.29) is 11.9 Å². The van der Waals surface area contributed by atoms with Crippen molar-refractivity contribution in [2.24, 2.45) is 0 Å². The molecule has 0 spiro atoms. The lowest BCUT2D eigenvalue weighted by atomic mass is 10.1. The molecule has 28 heavy (non-hydrogen) atoms. The molecule has 3 amide bonds. The maximum Gasteiger partial charge on any atom is 0.319 e. The number of nitrogens with one attached hydrogen (secondary N) is 3. The summed E-state index contributed by atoms with van der Waals surface area (Å²) in [4.78, 5) is 27.7. The second-order valence-electron chi connectivity index (χ2n) is 6.52. The molecule has 2 aromatic carbocycles. The molecule has 1 heterocycles. The normalized spacial score (nSPS) is 10.4. The number of benzene rings is 2. The van der Waals surface area contributed by atoms with Crippen molar-refractivity contribution in [3.8, 4) is 0 Å². The van der Waals surface area contributed by atoms with Crippen molar-refractivity contribution in [1.82, 2.24) is 14.9 Å². The summed E-state index contributed by atoms with van der Waals surface area (Å²) in [5.74, 6) is -0.154. The molecule has 0 fully saturated rings. The van der Waals surface area contributed by atoms with Crippen LogP contribution in [0.2, 0.25) is 0 Å². The molecular weight excluding hydrogens is 354 g/mol. The van der Waals surface area contributed by atoms with Crippen LogP contribution in [-0.4, -0.2) is 21.5 Å². The van der Waals surface area contributed by atoms with Gasteiger partial charge in [-0.25, -0.2) is 9.78 Å². The highest BCUT2D eigenvalue weighted by Gasteiger charge is 2.08. The highest BCUT2D eigenvalue weighted by atomic mass is 16.2. The number of amides is 3. The summed E-state index contributed by atoms with van der Waals surface area (Å²) < 4.78 is 1.98. The number of aryl methyl sites for hydroxylation is 1. The monoisotopic (exact) mass is 377 g/mol. The average Bonchev–Trinajstić information content (AvgIpc) is 3.16. The van der Waals surface area contributed by atoms with Crippen LogP contribution in [0.4, 0.5) is 16.2 Å². The third kappa shape index (κ3) is 5.20. The van der Waals surface area contributed by atoms with Gasteiger partial charge in [-0.2, -0.15) is 0 Å². The maximum absolute atomic E-state index is 12.3. The fourth-order valence-electron chi connectivity index (χ4n) is 2.84. The third-order valence-electron chi connectivity index (χ3n) is 4.28. The molecule has 7 nitrogen and oxygen atoms in total. The van der Waals surface area contributed by atoms with Gasteiger partial charge in [0.05, 0.1) is 6.33 Å². The molecule has 0 radical (unpaired) electrons. The molecule has 0 unspecified atom stereocenters. The van der Waals surface area contributed by atoms with E-state index in [1.165, 1.54) is 6.92 Å². The summed E-state index contributed by atoms with van der Waals surface area (Å²) in [5, 5.41) is 8.44. The second-order valence-corrected chi connectivity index (χ2v) is 6.52. The number of rotatable bonds is 6. The van der Waals surface area contributed by atoms with Gasteiger partial charge in [-0.15, -0.1) is 0 Å². The summed E-state index contributed by atoms with van der Waals surface area (Å²) in [5.41, 5.74) is 4.36. The van der Waals surface area contributed by atoms with Gasteiger partial charge in [0.2, 0.25) is 5.91 Å². The van der Waals surface area contributed by atoms with Gasteiger partial charge in [0.25, 0.3) is 0 Å². The van der Waals surface area contributed by atoms with Gasteiger partial charge < -0.3 is 20.5 Å². The average molecular weight is 377 g/mol. The van der Waals surface area contributed by atoms with Crippen molar-refractivity contribution in [3.05, 3.63) is 77.9 Å². The van der Waals surface area contributed by atoms with Crippen molar-refractivity contribution in [3.63, 3.8) is 0 Å². The first-order chi connectivity index (χ1) is 13.5. The number of nitrogens with zero attached hydrogens (tertiary/aromatic N) is 2. The van der Waals surface area contributed by atoms with E-state index in [1.54, 1.807) is 24.7 Å². The molecule has 0 aliphatic carbocycles. The minimum atomic E-state index is -0.310. The SMILES string of the molecule is CC(=O)Nc1cc(NC(=O)NCc2ccccc2Cn2ccnc2)ccc1C. The molecule has 3 N–H and O–H groups in total. The standard InChI is InChI=1S/C21H23N5O2/c1-15-7-8-19(11-20(15)24-16(2)27)25-21(28)23-12-17-5-3-4-6-18(17)13-26-10-9-22-14-26/h3-11,14H,12-13H2,1-2H3,(H,24,27)(H2,23,25,28). The van der Waals surface area contributed by atoms with Crippen LogP contribution in [0, 0.1) is 6.92 Å². The van der Waals surface area contributed by atoms with E-state index >= 15 is 0 Å². The highest BCUT2D eigenvalue weighted by Crippen LogP contribution is 2.20. The molecule has 0 saturated carbocycles. The van der Waals surface area contributed by atoms with E-state index in [2.05, 4.69) is 20.9 Å². The van der Waals surface area contributed by atoms with Crippen LogP contribution in [0.15, 0.2) is 61.2 Å². The van der Waals surface area contributed by atoms with Crippen LogP contribution < -0.4 is 16.0 Å². The van der Waals surface area contributed by atoms with E-state index in [0.29, 0.717) is 24.5 Å². The zero-order valence-electron chi connectivity index (χ0n) is 15.9. The number of carbonyl (C=O) groups is 2. The number of carbonyl (C=O) groups excluding carboxylic acids is 2. The lowest BCUT2D eigenvalue weighted by Crippen LogP contribution is -2.28. The summed E-state index contributed by atoms with van der Waals surface area (Å²) >= 11 is 0. The number of imidazole rings is 1. The predicted octanol–water partition coefficient (Wildman–Crippen LogP) is 3.52. The zero-order valence-corrected chi connectivity index (χ0v) is 15.9. The molecule has 7 heteroatoms. The Bertz CT molecular complexity index is 967. The van der Waals surface area contributed by atoms with Gasteiger partial charge in [0.15, 0.2) is 0 Å². The van der Waals surface area contributed by atoms with Gasteiger partial charge in [-0.1, -0.05) is 30.3 Å². The van der Waals surface area contributed by atoms with Crippen LogP contribution in [-0.2, 0) is 17.9 Å². The zero-order chi connectivity index (χ0) is 19.9. The van der Waals surface area contributed by atoms with Crippen LogP contribution in [0.1, 0.15) is 23.6 Å². The van der Waals surface area contributed by atoms with Crippen LogP contribution in [0.5, 0.6) is 0 Å². The highest BCUT2D eigenvalue weighted by molar-refractivity contribution is 5.93. The van der Waals surface area contributed by atoms with Gasteiger partial charge in [0.1, 0.15) is 0 Å². The number of urea groups is 1. The fourth-order valence-corrected chi connectivity index (χ4v) is 2.84. The number of aromatic nitrogens is 2. The van der Waals surface area contributed by atoms with Crippen LogP contribution in [0.3, 0.4) is 0 Å². The lowest BCUT2D eigenvalue weighted by Gasteiger charge is -2.13. The molecule has 0 bridgehead atoms. The first-order valence-electron chi connectivity index (χ1n) is 8.97. The Hall–Kier alpha value is -3.61. The van der Waals surface area contributed by atoms with E-state index < -0.39 is 0 Å². The second kappa shape index (κ2) is 8.85. The van der Waals surface area contributed by atoms with Crippen molar-refractivity contribution in [1.29, 1.82) is 0 Å². The molecular formula is C21H23N5O2. The maximum atomic E-state index is 12.3. The smallest absolute Gasteiger partial charge is 0.319 e. The molecule has 3 aromatic rings. The van der Waals surface area contributed by atoms with Crippen molar-refractivity contribution in [2.45, 2.75) is 26.9 Å². The molecule has 0 atom stereocenters. The van der Waals surface area contributed by atoms with Crippen LogP contribution in [0.25, 0.3) is 0 Å². The summed E-state index contributed by atoms with van der Waals surface area (Å²) in [6.07, 6.45) is 5.41. The molecule has 3 rings (SSSR count). The largest absolute Gasteiger partial charge is 0.334 e. The Balaban J connectivity index is 1.61. The Morgan fingerprint density at radius 3 is 2.57 bits per heavy atom. The van der Waals surface area contributed by atoms with Gasteiger partial charge in [-0.3, -0.25) is 4.79 Å². The predicted molar refractivity (Wildman–Crippen MR) is 109 cm³/mol. The number of hydrogen-bond acceptors (Lipinski definition) is 3. The van der Waals surface area contributed by atoms with Gasteiger partial charge in [-0.05, 0) is 35.7 Å². The lowest BCUT2D eigenvalue weighted by molar-refractivity contribution is -0.114. The van der Waals surface area contributed by atoms with E-state index in [1.807, 2.05) is 48.0 Å². The molecule has 0 aliphatic heterocycles. The van der Waals surface area contributed by atoms with Gasteiger partial charge in [0, 0.05) is 43.8 Å². The Morgan fingerprint density at radius 2 is 1.86 bits per heavy atom. The Labute approximate surface area is 163 Å². The van der Waals surface area contributed by atoms with E-state index in [4.69, 9.17) is 0 Å². The minimum absolute atomic E-state index is 0.154. The number of hydrogen-bond donors (Lipinski definition) is 3. The molecule has 1 aromatic heterocycles. The van der Waals surface area contributed by atoms with E-state index in [9.17, 15) is 9.59 Å². The summed E-state index contributed by atoms with van der Waals surface area (Å²) in [6, 6.07) is 13.0. The first kappa shape index (κ1) is 19.2. The number of anilines is 2. The third-order valence-corrected chi connectivity index (χ3v) is 4.28. The molecule has 0 aliphatic rings. The van der Waals surface area contributed by atoms with Gasteiger partial charge >= 0.3 is 6.03 Å². The topological polar surface area (TPSA) is 88.0 Å². The van der Waals surface area contributed by atoms with Crippen molar-refractivity contribution in [2.75, 3.05) is 10.6 Å². The molecule has 144 valence electrons. The quantitative estimate of drug-likeness (QED) is 0.614. The summed E-state index contributed by atoms with van der Waals surface area (Å²) in [6.45, 7) is 4.44. The minimum Gasteiger partial charge on any atom is -0.334 e. The van der Waals surface area contributed by atoms with Crippen molar-refractivity contribution < 1.29 is 9.59 Å². The summed E-state index contributed by atoms with van der Waals surface area (Å²) in [7, 11) is 0.